The van der Waals surface area contributed by atoms with Gasteiger partial charge in [0, 0.05) is 12.3 Å². The van der Waals surface area contributed by atoms with Gasteiger partial charge in [0.25, 0.3) is 5.97 Å². The van der Waals surface area contributed by atoms with Gasteiger partial charge < -0.3 is 14.2 Å². The molecule has 3 aliphatic heterocycles. The predicted octanol–water partition coefficient (Wildman–Crippen LogP) is 1.52. The van der Waals surface area contributed by atoms with Crippen LogP contribution in [-0.4, -0.2) is 25.3 Å². The fourth-order valence-corrected chi connectivity index (χ4v) is 1.79. The summed E-state index contributed by atoms with van der Waals surface area (Å²) in [6, 6.07) is 0. The van der Waals surface area contributed by atoms with Gasteiger partial charge in [0.05, 0.1) is 19.3 Å². The van der Waals surface area contributed by atoms with Crippen LogP contribution in [0.4, 0.5) is 0 Å². The van der Waals surface area contributed by atoms with Crippen LogP contribution in [0, 0.1) is 5.92 Å². The number of hydrogen-bond acceptors (Lipinski definition) is 3. The molecule has 3 fully saturated rings. The zero-order valence-electron chi connectivity index (χ0n) is 7.71. The van der Waals surface area contributed by atoms with Gasteiger partial charge in [0.15, 0.2) is 0 Å². The van der Waals surface area contributed by atoms with Crippen LogP contribution in [-0.2, 0) is 14.2 Å². The molecule has 0 N–H and O–H groups in total. The predicted molar refractivity (Wildman–Crippen MR) is 43.6 cm³/mol. The summed E-state index contributed by atoms with van der Waals surface area (Å²) in [7, 11) is 0. The SMILES string of the molecule is CCCC12OCC(CO1)C(C)O2. The molecule has 0 amide bonds. The maximum absolute atomic E-state index is 5.67. The van der Waals surface area contributed by atoms with Crippen LogP contribution in [0.15, 0.2) is 0 Å². The fourth-order valence-electron chi connectivity index (χ4n) is 1.79. The van der Waals surface area contributed by atoms with Gasteiger partial charge in [-0.15, -0.1) is 0 Å². The van der Waals surface area contributed by atoms with Crippen LogP contribution in [0.5, 0.6) is 0 Å². The Morgan fingerprint density at radius 1 is 1.33 bits per heavy atom. The number of ether oxygens (including phenoxy) is 3. The average molecular weight is 172 g/mol. The van der Waals surface area contributed by atoms with Gasteiger partial charge in [-0.3, -0.25) is 0 Å². The Balaban J connectivity index is 2.05. The molecule has 70 valence electrons. The van der Waals surface area contributed by atoms with E-state index in [9.17, 15) is 0 Å². The summed E-state index contributed by atoms with van der Waals surface area (Å²) in [6.07, 6.45) is 2.15. The van der Waals surface area contributed by atoms with Gasteiger partial charge in [-0.25, -0.2) is 0 Å². The molecule has 0 saturated carbocycles. The first-order valence-electron chi connectivity index (χ1n) is 4.71. The molecule has 3 heterocycles. The summed E-state index contributed by atoms with van der Waals surface area (Å²) in [4.78, 5) is 0. The summed E-state index contributed by atoms with van der Waals surface area (Å²) in [5.41, 5.74) is 0. The monoisotopic (exact) mass is 172 g/mol. The molecular weight excluding hydrogens is 156 g/mol. The van der Waals surface area contributed by atoms with Crippen molar-refractivity contribution in [3.63, 3.8) is 0 Å². The van der Waals surface area contributed by atoms with Crippen molar-refractivity contribution in [3.8, 4) is 0 Å². The Hall–Kier alpha value is -0.120. The zero-order valence-corrected chi connectivity index (χ0v) is 7.71. The molecule has 2 bridgehead atoms. The van der Waals surface area contributed by atoms with Crippen molar-refractivity contribution in [1.29, 1.82) is 0 Å². The minimum Gasteiger partial charge on any atom is -0.327 e. The largest absolute Gasteiger partial charge is 0.327 e. The van der Waals surface area contributed by atoms with Crippen molar-refractivity contribution in [1.82, 2.24) is 0 Å². The lowest BCUT2D eigenvalue weighted by atomic mass is 10.0. The first-order chi connectivity index (χ1) is 5.76. The zero-order chi connectivity index (χ0) is 8.60. The minimum absolute atomic E-state index is 0.291. The van der Waals surface area contributed by atoms with Crippen molar-refractivity contribution in [3.05, 3.63) is 0 Å². The van der Waals surface area contributed by atoms with Crippen LogP contribution in [0.3, 0.4) is 0 Å². The van der Waals surface area contributed by atoms with Crippen molar-refractivity contribution < 1.29 is 14.2 Å². The highest BCUT2D eigenvalue weighted by Crippen LogP contribution is 2.37. The van der Waals surface area contributed by atoms with E-state index in [2.05, 4.69) is 13.8 Å². The Morgan fingerprint density at radius 2 is 2.00 bits per heavy atom. The molecule has 0 aromatic carbocycles. The van der Waals surface area contributed by atoms with Crippen LogP contribution in [0.2, 0.25) is 0 Å². The first-order valence-corrected chi connectivity index (χ1v) is 4.71. The second-order valence-electron chi connectivity index (χ2n) is 3.64. The Kier molecular flexibility index (Phi) is 2.10. The van der Waals surface area contributed by atoms with Crippen LogP contribution < -0.4 is 0 Å². The van der Waals surface area contributed by atoms with E-state index in [0.717, 1.165) is 26.1 Å². The third kappa shape index (κ3) is 1.26. The van der Waals surface area contributed by atoms with E-state index in [1.54, 1.807) is 0 Å². The molecule has 3 saturated heterocycles. The second kappa shape index (κ2) is 2.98. The molecule has 3 nitrogen and oxygen atoms in total. The second-order valence-corrected chi connectivity index (χ2v) is 3.64. The van der Waals surface area contributed by atoms with Gasteiger partial charge in [-0.2, -0.15) is 0 Å². The molecule has 3 rings (SSSR count). The van der Waals surface area contributed by atoms with Crippen molar-refractivity contribution in [2.45, 2.75) is 38.8 Å². The van der Waals surface area contributed by atoms with E-state index in [0.29, 0.717) is 12.0 Å². The maximum Gasteiger partial charge on any atom is 0.283 e. The summed E-state index contributed by atoms with van der Waals surface area (Å²) in [6.45, 7) is 5.79. The smallest absolute Gasteiger partial charge is 0.283 e. The van der Waals surface area contributed by atoms with Crippen molar-refractivity contribution >= 4 is 0 Å². The molecule has 0 radical (unpaired) electrons. The molecule has 1 unspecified atom stereocenters. The molecule has 0 aromatic heterocycles. The number of hydrogen-bond donors (Lipinski definition) is 0. The number of rotatable bonds is 2. The van der Waals surface area contributed by atoms with E-state index in [-0.39, 0.29) is 0 Å². The average Bonchev–Trinajstić information content (AvgIpc) is 2.05. The summed E-state index contributed by atoms with van der Waals surface area (Å²) in [5.74, 6) is -0.258. The molecule has 0 aliphatic carbocycles. The maximum atomic E-state index is 5.67. The summed E-state index contributed by atoms with van der Waals surface area (Å²) >= 11 is 0. The van der Waals surface area contributed by atoms with Gasteiger partial charge in [0.2, 0.25) is 0 Å². The van der Waals surface area contributed by atoms with Gasteiger partial charge >= 0.3 is 0 Å². The van der Waals surface area contributed by atoms with E-state index in [1.807, 2.05) is 0 Å². The third-order valence-corrected chi connectivity index (χ3v) is 2.62. The van der Waals surface area contributed by atoms with E-state index < -0.39 is 5.97 Å². The van der Waals surface area contributed by atoms with Crippen LogP contribution in [0.1, 0.15) is 26.7 Å². The molecular formula is C9H16O3. The lowest BCUT2D eigenvalue weighted by Crippen LogP contribution is -2.57. The van der Waals surface area contributed by atoms with Crippen molar-refractivity contribution in [2.24, 2.45) is 5.92 Å². The van der Waals surface area contributed by atoms with Crippen LogP contribution in [0.25, 0.3) is 0 Å². The quantitative estimate of drug-likeness (QED) is 0.632. The molecule has 0 aromatic rings. The van der Waals surface area contributed by atoms with Crippen LogP contribution >= 0.6 is 0 Å². The highest BCUT2D eigenvalue weighted by atomic mass is 16.9. The highest BCUT2D eigenvalue weighted by Gasteiger charge is 2.47. The lowest BCUT2D eigenvalue weighted by molar-refractivity contribution is -0.466. The standard InChI is InChI=1S/C9H16O3/c1-3-4-9-10-5-8(6-11-9)7(2)12-9/h7-8H,3-6H2,1-2H3. The van der Waals surface area contributed by atoms with Gasteiger partial charge in [0.1, 0.15) is 0 Å². The molecule has 12 heavy (non-hydrogen) atoms. The van der Waals surface area contributed by atoms with E-state index >= 15 is 0 Å². The Bertz CT molecular complexity index is 156. The molecule has 3 aliphatic rings. The van der Waals surface area contributed by atoms with E-state index in [4.69, 9.17) is 14.2 Å². The lowest BCUT2D eigenvalue weighted by Gasteiger charge is -2.48. The highest BCUT2D eigenvalue weighted by molar-refractivity contribution is 4.79. The molecule has 3 heteroatoms. The summed E-state index contributed by atoms with van der Waals surface area (Å²) in [5, 5.41) is 0. The normalized spacial score (nSPS) is 46.5. The summed E-state index contributed by atoms with van der Waals surface area (Å²) < 4.78 is 16.7. The number of fused-ring (bicyclic) bond motifs is 3. The topological polar surface area (TPSA) is 27.7 Å². The Morgan fingerprint density at radius 3 is 2.50 bits per heavy atom. The first kappa shape index (κ1) is 8.48. The fraction of sp³-hybridized carbons (Fsp3) is 1.00. The third-order valence-electron chi connectivity index (χ3n) is 2.62. The molecule has 0 spiro atoms. The van der Waals surface area contributed by atoms with E-state index in [1.165, 1.54) is 0 Å². The van der Waals surface area contributed by atoms with Gasteiger partial charge in [-0.05, 0) is 13.3 Å². The van der Waals surface area contributed by atoms with Crippen molar-refractivity contribution in [2.75, 3.05) is 13.2 Å². The molecule has 1 atom stereocenters. The minimum atomic E-state index is -0.692. The Labute approximate surface area is 73.0 Å². The van der Waals surface area contributed by atoms with Gasteiger partial charge in [-0.1, -0.05) is 6.92 Å².